The number of fused-ring (bicyclic) bond motifs is 1. The van der Waals surface area contributed by atoms with Gasteiger partial charge in [-0.3, -0.25) is 0 Å². The van der Waals surface area contributed by atoms with Crippen LogP contribution >= 0.6 is 34.7 Å². The molecule has 3 aromatic rings. The summed E-state index contributed by atoms with van der Waals surface area (Å²) in [6, 6.07) is 13.2. The van der Waals surface area contributed by atoms with Crippen LogP contribution in [-0.4, -0.2) is 17.2 Å². The third-order valence-electron chi connectivity index (χ3n) is 3.06. The van der Waals surface area contributed by atoms with E-state index in [0.717, 1.165) is 20.1 Å². The van der Waals surface area contributed by atoms with E-state index in [2.05, 4.69) is 4.98 Å². The zero-order valence-electron chi connectivity index (χ0n) is 11.7. The number of carbonyl (C=O) groups is 1. The summed E-state index contributed by atoms with van der Waals surface area (Å²) in [7, 11) is 0. The molecule has 22 heavy (non-hydrogen) atoms. The fourth-order valence-electron chi connectivity index (χ4n) is 1.97. The number of rotatable bonds is 4. The minimum atomic E-state index is -0.430. The number of thioether (sulfide) groups is 1. The molecule has 3 rings (SSSR count). The molecule has 0 fully saturated rings. The number of para-hydroxylation sites is 1. The maximum Gasteiger partial charge on any atom is 0.340 e. The van der Waals surface area contributed by atoms with E-state index in [1.165, 1.54) is 11.3 Å². The van der Waals surface area contributed by atoms with Gasteiger partial charge in [0.1, 0.15) is 11.6 Å². The molecule has 0 aliphatic carbocycles. The first-order chi connectivity index (χ1) is 10.7. The van der Waals surface area contributed by atoms with Crippen LogP contribution in [0.4, 0.5) is 0 Å². The fraction of sp³-hybridized carbons (Fsp3) is 0.125. The lowest BCUT2D eigenvalue weighted by molar-refractivity contribution is 0.0472. The van der Waals surface area contributed by atoms with Crippen LogP contribution < -0.4 is 0 Å². The summed E-state index contributed by atoms with van der Waals surface area (Å²) in [6.07, 6.45) is 1.94. The molecule has 0 saturated heterocycles. The van der Waals surface area contributed by atoms with E-state index in [1.807, 2.05) is 36.6 Å². The van der Waals surface area contributed by atoms with Gasteiger partial charge in [0.15, 0.2) is 0 Å². The van der Waals surface area contributed by atoms with Gasteiger partial charge in [-0.1, -0.05) is 23.7 Å². The van der Waals surface area contributed by atoms with Gasteiger partial charge in [-0.15, -0.1) is 23.1 Å². The fourth-order valence-corrected chi connectivity index (χ4v) is 3.49. The van der Waals surface area contributed by atoms with Gasteiger partial charge >= 0.3 is 5.97 Å². The minimum absolute atomic E-state index is 0.151. The molecule has 0 radical (unpaired) electrons. The van der Waals surface area contributed by atoms with Crippen molar-refractivity contribution in [3.8, 4) is 0 Å². The van der Waals surface area contributed by atoms with E-state index < -0.39 is 5.97 Å². The topological polar surface area (TPSA) is 39.2 Å². The lowest BCUT2D eigenvalue weighted by Crippen LogP contribution is -2.06. The number of carbonyl (C=O) groups excluding carboxylic acids is 1. The van der Waals surface area contributed by atoms with Gasteiger partial charge in [-0.25, -0.2) is 9.78 Å². The molecule has 0 aliphatic heterocycles. The highest BCUT2D eigenvalue weighted by Gasteiger charge is 2.14. The van der Waals surface area contributed by atoms with Crippen LogP contribution in [0.15, 0.2) is 47.4 Å². The molecule has 0 spiro atoms. The summed E-state index contributed by atoms with van der Waals surface area (Å²) in [5.41, 5.74) is 1.30. The first kappa shape index (κ1) is 15.3. The van der Waals surface area contributed by atoms with Crippen LogP contribution in [0.5, 0.6) is 0 Å². The first-order valence-corrected chi connectivity index (χ1v) is 8.94. The van der Waals surface area contributed by atoms with E-state index in [4.69, 9.17) is 16.3 Å². The molecule has 0 aliphatic rings. The maximum atomic E-state index is 12.2. The first-order valence-electron chi connectivity index (χ1n) is 6.52. The van der Waals surface area contributed by atoms with Crippen molar-refractivity contribution in [3.05, 3.63) is 58.1 Å². The number of esters is 1. The summed E-state index contributed by atoms with van der Waals surface area (Å²) in [5.74, 6) is -0.430. The lowest BCUT2D eigenvalue weighted by Gasteiger charge is -2.06. The minimum Gasteiger partial charge on any atom is -0.455 e. The Bertz CT molecular complexity index is 799. The molecule has 0 unspecified atom stereocenters. The average molecular weight is 350 g/mol. The van der Waals surface area contributed by atoms with Gasteiger partial charge in [-0.2, -0.15) is 0 Å². The number of nitrogens with zero attached hydrogens (tertiary/aromatic N) is 1. The van der Waals surface area contributed by atoms with Crippen molar-refractivity contribution in [1.82, 2.24) is 4.98 Å². The van der Waals surface area contributed by atoms with Crippen LogP contribution in [0, 0.1) is 0 Å². The van der Waals surface area contributed by atoms with Crippen LogP contribution in [0.1, 0.15) is 15.4 Å². The molecule has 0 bridgehead atoms. The number of thiazole rings is 1. The quantitative estimate of drug-likeness (QED) is 0.489. The molecule has 0 saturated carbocycles. The second-order valence-electron chi connectivity index (χ2n) is 4.50. The monoisotopic (exact) mass is 349 g/mol. The molecule has 112 valence electrons. The third kappa shape index (κ3) is 3.27. The van der Waals surface area contributed by atoms with Gasteiger partial charge in [0.2, 0.25) is 0 Å². The van der Waals surface area contributed by atoms with E-state index in [1.54, 1.807) is 23.9 Å². The standard InChI is InChI=1S/C16H12ClNO2S2/c1-21-10-6-7-12(17)11(8-10)16(19)20-9-15-18-13-4-2-3-5-14(13)22-15/h2-8H,9H2,1H3. The predicted octanol–water partition coefficient (Wildman–Crippen LogP) is 5.03. The van der Waals surface area contributed by atoms with Crippen molar-refractivity contribution in [2.24, 2.45) is 0 Å². The summed E-state index contributed by atoms with van der Waals surface area (Å²) < 4.78 is 6.42. The van der Waals surface area contributed by atoms with Gasteiger partial charge < -0.3 is 4.74 Å². The highest BCUT2D eigenvalue weighted by Crippen LogP contribution is 2.25. The van der Waals surface area contributed by atoms with Gasteiger partial charge in [0.25, 0.3) is 0 Å². The molecule has 2 aromatic carbocycles. The van der Waals surface area contributed by atoms with Crippen molar-refractivity contribution in [1.29, 1.82) is 0 Å². The van der Waals surface area contributed by atoms with E-state index >= 15 is 0 Å². The van der Waals surface area contributed by atoms with E-state index in [-0.39, 0.29) is 6.61 Å². The lowest BCUT2D eigenvalue weighted by atomic mass is 10.2. The van der Waals surface area contributed by atoms with Crippen molar-refractivity contribution < 1.29 is 9.53 Å². The highest BCUT2D eigenvalue weighted by atomic mass is 35.5. The number of ether oxygens (including phenoxy) is 1. The number of hydrogen-bond acceptors (Lipinski definition) is 5. The smallest absolute Gasteiger partial charge is 0.340 e. The Labute approximate surface area is 141 Å². The Morgan fingerprint density at radius 1 is 1.32 bits per heavy atom. The largest absolute Gasteiger partial charge is 0.455 e. The van der Waals surface area contributed by atoms with Crippen molar-refractivity contribution in [3.63, 3.8) is 0 Å². The second-order valence-corrected chi connectivity index (χ2v) is 6.90. The Hall–Kier alpha value is -1.56. The van der Waals surface area contributed by atoms with Crippen LogP contribution in [-0.2, 0) is 11.3 Å². The van der Waals surface area contributed by atoms with Crippen LogP contribution in [0.3, 0.4) is 0 Å². The van der Waals surface area contributed by atoms with Crippen molar-refractivity contribution in [2.45, 2.75) is 11.5 Å². The zero-order chi connectivity index (χ0) is 15.5. The van der Waals surface area contributed by atoms with Crippen molar-refractivity contribution in [2.75, 3.05) is 6.26 Å². The summed E-state index contributed by atoms with van der Waals surface area (Å²) in [4.78, 5) is 17.6. The van der Waals surface area contributed by atoms with Crippen LogP contribution in [0.25, 0.3) is 10.2 Å². The molecular formula is C16H12ClNO2S2. The Balaban J connectivity index is 1.74. The highest BCUT2D eigenvalue weighted by molar-refractivity contribution is 7.98. The van der Waals surface area contributed by atoms with Gasteiger partial charge in [0, 0.05) is 4.90 Å². The second kappa shape index (κ2) is 6.69. The number of hydrogen-bond donors (Lipinski definition) is 0. The molecule has 1 aromatic heterocycles. The molecule has 0 atom stereocenters. The molecule has 1 heterocycles. The molecule has 0 amide bonds. The summed E-state index contributed by atoms with van der Waals surface area (Å²) >= 11 is 9.14. The Kier molecular flexibility index (Phi) is 4.66. The van der Waals surface area contributed by atoms with E-state index in [0.29, 0.717) is 10.6 Å². The molecule has 0 N–H and O–H groups in total. The Morgan fingerprint density at radius 3 is 2.91 bits per heavy atom. The van der Waals surface area contributed by atoms with Gasteiger partial charge in [0.05, 0.1) is 20.8 Å². The SMILES string of the molecule is CSc1ccc(Cl)c(C(=O)OCc2nc3ccccc3s2)c1. The third-order valence-corrected chi connectivity index (χ3v) is 5.12. The van der Waals surface area contributed by atoms with Crippen molar-refractivity contribution >= 4 is 50.9 Å². The Morgan fingerprint density at radius 2 is 2.14 bits per heavy atom. The number of halogens is 1. The predicted molar refractivity (Wildman–Crippen MR) is 92.0 cm³/mol. The summed E-state index contributed by atoms with van der Waals surface area (Å²) in [6.45, 7) is 0.151. The van der Waals surface area contributed by atoms with Crippen LogP contribution in [0.2, 0.25) is 5.02 Å². The number of benzene rings is 2. The molecule has 3 nitrogen and oxygen atoms in total. The molecule has 6 heteroatoms. The van der Waals surface area contributed by atoms with Gasteiger partial charge in [-0.05, 0) is 36.6 Å². The van der Waals surface area contributed by atoms with E-state index in [9.17, 15) is 4.79 Å². The number of aromatic nitrogens is 1. The summed E-state index contributed by atoms with van der Waals surface area (Å²) in [5, 5.41) is 1.17. The maximum absolute atomic E-state index is 12.2. The normalized spacial score (nSPS) is 10.8. The molecular weight excluding hydrogens is 338 g/mol. The zero-order valence-corrected chi connectivity index (χ0v) is 14.1. The average Bonchev–Trinajstić information content (AvgIpc) is 2.96.